The molecule has 3 rings (SSSR count). The van der Waals surface area contributed by atoms with Crippen LogP contribution in [0.5, 0.6) is 0 Å². The van der Waals surface area contributed by atoms with Gasteiger partial charge in [-0.05, 0) is 38.1 Å². The van der Waals surface area contributed by atoms with E-state index in [4.69, 9.17) is 13.9 Å². The van der Waals surface area contributed by atoms with Crippen LogP contribution in [0.2, 0.25) is 0 Å². The van der Waals surface area contributed by atoms with E-state index in [1.54, 1.807) is 25.3 Å². The monoisotopic (exact) mass is 316 g/mol. The Morgan fingerprint density at radius 3 is 3.04 bits per heavy atom. The number of carbonyl (C=O) groups is 1. The smallest absolute Gasteiger partial charge is 0.341 e. The van der Waals surface area contributed by atoms with Gasteiger partial charge in [-0.1, -0.05) is 0 Å². The predicted octanol–water partition coefficient (Wildman–Crippen LogP) is 2.74. The lowest BCUT2D eigenvalue weighted by Crippen LogP contribution is -2.39. The van der Waals surface area contributed by atoms with Gasteiger partial charge >= 0.3 is 5.97 Å². The maximum Gasteiger partial charge on any atom is 0.341 e. The maximum absolute atomic E-state index is 12.1. The molecule has 6 heteroatoms. The molecule has 2 aromatic rings. The summed E-state index contributed by atoms with van der Waals surface area (Å²) in [6.45, 7) is 5.82. The second-order valence-electron chi connectivity index (χ2n) is 5.35. The molecule has 1 aliphatic heterocycles. The molecular formula is C17H20N2O4. The highest BCUT2D eigenvalue weighted by Gasteiger charge is 2.28. The molecule has 23 heavy (non-hydrogen) atoms. The Hall–Kier alpha value is -2.34. The lowest BCUT2D eigenvalue weighted by atomic mass is 10.2. The normalized spacial score (nSPS) is 18.0. The number of hydrogen-bond acceptors (Lipinski definition) is 6. The van der Waals surface area contributed by atoms with Gasteiger partial charge in [-0.2, -0.15) is 0 Å². The minimum atomic E-state index is -0.354. The molecule has 0 radical (unpaired) electrons. The molecule has 0 aliphatic carbocycles. The summed E-state index contributed by atoms with van der Waals surface area (Å²) in [6.07, 6.45) is 1.51. The molecule has 0 spiro atoms. The third-order valence-corrected chi connectivity index (χ3v) is 3.73. The van der Waals surface area contributed by atoms with Crippen molar-refractivity contribution in [3.05, 3.63) is 47.5 Å². The second-order valence-corrected chi connectivity index (χ2v) is 5.35. The molecule has 122 valence electrons. The standard InChI is InChI=1S/C17H20N2O4/c1-3-21-17(20)13-5-4-8-18-16(13)19-9-10-22-15(11-19)14-7-6-12(2)23-14/h4-8,15H,3,9-11H2,1-2H3/t15-/m0/s1. The second kappa shape index (κ2) is 6.83. The molecule has 6 nitrogen and oxygen atoms in total. The van der Waals surface area contributed by atoms with Gasteiger partial charge in [-0.25, -0.2) is 9.78 Å². The number of nitrogens with zero attached hydrogens (tertiary/aromatic N) is 2. The fraction of sp³-hybridized carbons (Fsp3) is 0.412. The van der Waals surface area contributed by atoms with E-state index in [0.29, 0.717) is 37.7 Å². The van der Waals surface area contributed by atoms with E-state index in [1.807, 2.05) is 24.0 Å². The minimum Gasteiger partial charge on any atom is -0.464 e. The van der Waals surface area contributed by atoms with E-state index in [9.17, 15) is 4.79 Å². The lowest BCUT2D eigenvalue weighted by molar-refractivity contribution is 0.0248. The van der Waals surface area contributed by atoms with Gasteiger partial charge in [0.25, 0.3) is 0 Å². The van der Waals surface area contributed by atoms with Crippen LogP contribution >= 0.6 is 0 Å². The molecule has 0 unspecified atom stereocenters. The van der Waals surface area contributed by atoms with Crippen molar-refractivity contribution in [2.24, 2.45) is 0 Å². The summed E-state index contributed by atoms with van der Waals surface area (Å²) in [5, 5.41) is 0. The van der Waals surface area contributed by atoms with Gasteiger partial charge in [-0.3, -0.25) is 0 Å². The Morgan fingerprint density at radius 2 is 2.30 bits per heavy atom. The number of furan rings is 1. The van der Waals surface area contributed by atoms with Gasteiger partial charge in [0, 0.05) is 12.7 Å². The van der Waals surface area contributed by atoms with Crippen molar-refractivity contribution < 1.29 is 18.7 Å². The summed E-state index contributed by atoms with van der Waals surface area (Å²) in [5.41, 5.74) is 0.477. The van der Waals surface area contributed by atoms with Crippen molar-refractivity contribution in [2.45, 2.75) is 20.0 Å². The quantitative estimate of drug-likeness (QED) is 0.808. The summed E-state index contributed by atoms with van der Waals surface area (Å²) in [6, 6.07) is 7.32. The van der Waals surface area contributed by atoms with Gasteiger partial charge in [0.15, 0.2) is 0 Å². The number of rotatable bonds is 4. The van der Waals surface area contributed by atoms with E-state index in [1.165, 1.54) is 0 Å². The van der Waals surface area contributed by atoms with Gasteiger partial charge in [-0.15, -0.1) is 0 Å². The minimum absolute atomic E-state index is 0.172. The fourth-order valence-corrected chi connectivity index (χ4v) is 2.66. The Morgan fingerprint density at radius 1 is 1.43 bits per heavy atom. The number of pyridine rings is 1. The molecular weight excluding hydrogens is 296 g/mol. The summed E-state index contributed by atoms with van der Waals surface area (Å²) in [5.74, 6) is 1.92. The first kappa shape index (κ1) is 15.6. The van der Waals surface area contributed by atoms with Crippen molar-refractivity contribution in [2.75, 3.05) is 31.2 Å². The van der Waals surface area contributed by atoms with Crippen molar-refractivity contribution in [3.8, 4) is 0 Å². The van der Waals surface area contributed by atoms with Crippen LogP contribution in [0.1, 0.15) is 34.9 Å². The van der Waals surface area contributed by atoms with E-state index < -0.39 is 0 Å². The highest BCUT2D eigenvalue weighted by atomic mass is 16.5. The average Bonchev–Trinajstić information content (AvgIpc) is 3.02. The Bertz CT molecular complexity index is 683. The Labute approximate surface area is 135 Å². The first-order chi connectivity index (χ1) is 11.2. The molecule has 0 N–H and O–H groups in total. The topological polar surface area (TPSA) is 64.8 Å². The first-order valence-electron chi connectivity index (χ1n) is 7.74. The zero-order chi connectivity index (χ0) is 16.2. The van der Waals surface area contributed by atoms with E-state index >= 15 is 0 Å². The molecule has 1 fully saturated rings. The molecule has 0 amide bonds. The van der Waals surface area contributed by atoms with E-state index in [0.717, 1.165) is 11.5 Å². The largest absolute Gasteiger partial charge is 0.464 e. The Balaban J connectivity index is 1.83. The maximum atomic E-state index is 12.1. The molecule has 0 aromatic carbocycles. The van der Waals surface area contributed by atoms with Crippen LogP contribution in [-0.2, 0) is 9.47 Å². The third kappa shape index (κ3) is 3.37. The molecule has 1 aliphatic rings. The number of anilines is 1. The average molecular weight is 316 g/mol. The van der Waals surface area contributed by atoms with Crippen LogP contribution in [0, 0.1) is 6.92 Å². The summed E-state index contributed by atoms with van der Waals surface area (Å²) < 4.78 is 16.6. The first-order valence-corrected chi connectivity index (χ1v) is 7.74. The third-order valence-electron chi connectivity index (χ3n) is 3.73. The highest BCUT2D eigenvalue weighted by Crippen LogP contribution is 2.28. The number of esters is 1. The zero-order valence-corrected chi connectivity index (χ0v) is 13.3. The number of aryl methyl sites for hydroxylation is 1. The van der Waals surface area contributed by atoms with Crippen molar-refractivity contribution >= 4 is 11.8 Å². The molecule has 3 heterocycles. The molecule has 2 aromatic heterocycles. The van der Waals surface area contributed by atoms with Gasteiger partial charge in [0.1, 0.15) is 29.0 Å². The number of morpholine rings is 1. The number of carbonyl (C=O) groups excluding carboxylic acids is 1. The summed E-state index contributed by atoms with van der Waals surface area (Å²) in [4.78, 5) is 18.5. The van der Waals surface area contributed by atoms with E-state index in [-0.39, 0.29) is 12.1 Å². The number of ether oxygens (including phenoxy) is 2. The molecule has 1 atom stereocenters. The van der Waals surface area contributed by atoms with Crippen LogP contribution in [0.3, 0.4) is 0 Å². The zero-order valence-electron chi connectivity index (χ0n) is 13.3. The van der Waals surface area contributed by atoms with E-state index in [2.05, 4.69) is 4.98 Å². The van der Waals surface area contributed by atoms with Gasteiger partial charge in [0.2, 0.25) is 0 Å². The number of hydrogen-bond donors (Lipinski definition) is 0. The summed E-state index contributed by atoms with van der Waals surface area (Å²) >= 11 is 0. The predicted molar refractivity (Wildman–Crippen MR) is 84.5 cm³/mol. The highest BCUT2D eigenvalue weighted by molar-refractivity contribution is 5.94. The fourth-order valence-electron chi connectivity index (χ4n) is 2.66. The van der Waals surface area contributed by atoms with Crippen LogP contribution in [0.25, 0.3) is 0 Å². The van der Waals surface area contributed by atoms with Gasteiger partial charge in [0.05, 0.1) is 19.8 Å². The van der Waals surface area contributed by atoms with Crippen LogP contribution < -0.4 is 4.90 Å². The van der Waals surface area contributed by atoms with Crippen molar-refractivity contribution in [3.63, 3.8) is 0 Å². The van der Waals surface area contributed by atoms with Gasteiger partial charge < -0.3 is 18.8 Å². The van der Waals surface area contributed by atoms with Crippen LogP contribution in [-0.4, -0.2) is 37.3 Å². The molecule has 0 saturated carbocycles. The summed E-state index contributed by atoms with van der Waals surface area (Å²) in [7, 11) is 0. The van der Waals surface area contributed by atoms with Crippen LogP contribution in [0.4, 0.5) is 5.82 Å². The SMILES string of the molecule is CCOC(=O)c1cccnc1N1CCO[C@H](c2ccc(C)o2)C1. The molecule has 0 bridgehead atoms. The van der Waals surface area contributed by atoms with Crippen molar-refractivity contribution in [1.29, 1.82) is 0 Å². The van der Waals surface area contributed by atoms with Crippen LogP contribution in [0.15, 0.2) is 34.9 Å². The Kier molecular flexibility index (Phi) is 4.62. The lowest BCUT2D eigenvalue weighted by Gasteiger charge is -2.33. The van der Waals surface area contributed by atoms with Crippen molar-refractivity contribution in [1.82, 2.24) is 4.98 Å². The molecule has 1 saturated heterocycles. The number of aromatic nitrogens is 1.